The highest BCUT2D eigenvalue weighted by Gasteiger charge is 2.12. The Bertz CT molecular complexity index is 718. The smallest absolute Gasteiger partial charge is 0.227 e. The average molecular weight is 280 g/mol. The highest BCUT2D eigenvalue weighted by Crippen LogP contribution is 2.11. The molecule has 2 aromatic heterocycles. The number of aromatic nitrogens is 3. The summed E-state index contributed by atoms with van der Waals surface area (Å²) in [6, 6.07) is 11.5. The van der Waals surface area contributed by atoms with Crippen molar-refractivity contribution < 1.29 is 4.79 Å². The van der Waals surface area contributed by atoms with Crippen LogP contribution in [-0.4, -0.2) is 32.8 Å². The lowest BCUT2D eigenvalue weighted by Gasteiger charge is -2.15. The van der Waals surface area contributed by atoms with Gasteiger partial charge in [0, 0.05) is 19.4 Å². The summed E-state index contributed by atoms with van der Waals surface area (Å²) in [4.78, 5) is 25.5. The zero-order valence-corrected chi connectivity index (χ0v) is 11.8. The molecule has 1 amide bonds. The Hall–Kier alpha value is -2.69. The van der Waals surface area contributed by atoms with Crippen molar-refractivity contribution in [2.75, 3.05) is 7.05 Å². The molecule has 0 saturated carbocycles. The van der Waals surface area contributed by atoms with E-state index in [0.29, 0.717) is 13.0 Å². The van der Waals surface area contributed by atoms with Crippen molar-refractivity contribution in [3.05, 3.63) is 60.2 Å². The molecule has 5 heteroatoms. The van der Waals surface area contributed by atoms with Gasteiger partial charge in [-0.3, -0.25) is 9.78 Å². The van der Waals surface area contributed by atoms with Crippen molar-refractivity contribution in [3.63, 3.8) is 0 Å². The van der Waals surface area contributed by atoms with Gasteiger partial charge in [-0.05, 0) is 29.8 Å². The number of hydrogen-bond donors (Lipinski definition) is 1. The van der Waals surface area contributed by atoms with E-state index in [0.717, 1.165) is 22.4 Å². The molecule has 106 valence electrons. The lowest BCUT2D eigenvalue weighted by Crippen LogP contribution is -2.28. The first-order valence-electron chi connectivity index (χ1n) is 6.79. The van der Waals surface area contributed by atoms with Crippen molar-refractivity contribution in [2.24, 2.45) is 0 Å². The fraction of sp³-hybridized carbons (Fsp3) is 0.188. The Labute approximate surface area is 122 Å². The van der Waals surface area contributed by atoms with E-state index in [1.54, 1.807) is 24.3 Å². The highest BCUT2D eigenvalue weighted by atomic mass is 16.2. The van der Waals surface area contributed by atoms with E-state index in [4.69, 9.17) is 0 Å². The fourth-order valence-electron chi connectivity index (χ4n) is 2.20. The number of pyridine rings is 1. The molecule has 0 radical (unpaired) electrons. The number of carbonyl (C=O) groups is 1. The molecule has 3 rings (SSSR count). The zero-order valence-electron chi connectivity index (χ0n) is 11.8. The van der Waals surface area contributed by atoms with Crippen LogP contribution in [0.4, 0.5) is 0 Å². The van der Waals surface area contributed by atoms with Crippen molar-refractivity contribution in [3.8, 4) is 0 Å². The van der Waals surface area contributed by atoms with Gasteiger partial charge in [-0.2, -0.15) is 0 Å². The van der Waals surface area contributed by atoms with Crippen LogP contribution in [0.2, 0.25) is 0 Å². The Morgan fingerprint density at radius 1 is 1.19 bits per heavy atom. The molecule has 0 unspecified atom stereocenters. The van der Waals surface area contributed by atoms with E-state index < -0.39 is 0 Å². The van der Waals surface area contributed by atoms with Gasteiger partial charge in [0.15, 0.2) is 0 Å². The SMILES string of the molecule is CN(Cc1nc2ccccc2[nH]1)C(=O)Cc1ccncc1. The number of imidazole rings is 1. The summed E-state index contributed by atoms with van der Waals surface area (Å²) in [5.74, 6) is 0.850. The van der Waals surface area contributed by atoms with E-state index >= 15 is 0 Å². The maximum atomic E-state index is 12.2. The molecule has 5 nitrogen and oxygen atoms in total. The van der Waals surface area contributed by atoms with Crippen LogP contribution < -0.4 is 0 Å². The molecular weight excluding hydrogens is 264 g/mol. The van der Waals surface area contributed by atoms with Crippen LogP contribution in [0.3, 0.4) is 0 Å². The van der Waals surface area contributed by atoms with Crippen LogP contribution in [0.15, 0.2) is 48.8 Å². The second kappa shape index (κ2) is 5.75. The van der Waals surface area contributed by atoms with E-state index in [9.17, 15) is 4.79 Å². The summed E-state index contributed by atoms with van der Waals surface area (Å²) in [7, 11) is 1.79. The predicted molar refractivity (Wildman–Crippen MR) is 80.5 cm³/mol. The number of carbonyl (C=O) groups excluding carboxylic acids is 1. The summed E-state index contributed by atoms with van der Waals surface area (Å²) < 4.78 is 0. The number of para-hydroxylation sites is 2. The van der Waals surface area contributed by atoms with Crippen molar-refractivity contribution >= 4 is 16.9 Å². The Morgan fingerprint density at radius 3 is 2.71 bits per heavy atom. The molecule has 0 atom stereocenters. The summed E-state index contributed by atoms with van der Waals surface area (Å²) >= 11 is 0. The van der Waals surface area contributed by atoms with Gasteiger partial charge < -0.3 is 9.88 Å². The number of nitrogens with one attached hydrogen (secondary N) is 1. The molecule has 0 bridgehead atoms. The largest absolute Gasteiger partial charge is 0.340 e. The number of rotatable bonds is 4. The molecule has 1 aromatic carbocycles. The van der Waals surface area contributed by atoms with Crippen LogP contribution in [0.1, 0.15) is 11.4 Å². The summed E-state index contributed by atoms with van der Waals surface area (Å²) in [5.41, 5.74) is 2.87. The first kappa shape index (κ1) is 13.3. The molecule has 0 aliphatic heterocycles. The first-order chi connectivity index (χ1) is 10.2. The van der Waals surface area contributed by atoms with Gasteiger partial charge in [0.25, 0.3) is 0 Å². The second-order valence-corrected chi connectivity index (χ2v) is 4.98. The normalized spacial score (nSPS) is 10.7. The lowest BCUT2D eigenvalue weighted by atomic mass is 10.2. The molecule has 21 heavy (non-hydrogen) atoms. The molecule has 2 heterocycles. The third-order valence-corrected chi connectivity index (χ3v) is 3.36. The second-order valence-electron chi connectivity index (χ2n) is 4.98. The van der Waals surface area contributed by atoms with Crippen LogP contribution in [-0.2, 0) is 17.8 Å². The molecular formula is C16H16N4O. The number of aromatic amines is 1. The Morgan fingerprint density at radius 2 is 1.95 bits per heavy atom. The molecule has 0 aliphatic carbocycles. The van der Waals surface area contributed by atoms with Crippen molar-refractivity contribution in [1.82, 2.24) is 19.9 Å². The van der Waals surface area contributed by atoms with Crippen molar-refractivity contribution in [2.45, 2.75) is 13.0 Å². The average Bonchev–Trinajstić information content (AvgIpc) is 2.90. The van der Waals surface area contributed by atoms with Gasteiger partial charge in [-0.25, -0.2) is 4.98 Å². The van der Waals surface area contributed by atoms with Crippen LogP contribution in [0.5, 0.6) is 0 Å². The quantitative estimate of drug-likeness (QED) is 0.796. The monoisotopic (exact) mass is 280 g/mol. The first-order valence-corrected chi connectivity index (χ1v) is 6.79. The van der Waals surface area contributed by atoms with E-state index in [1.165, 1.54) is 0 Å². The minimum atomic E-state index is 0.0571. The predicted octanol–water partition coefficient (Wildman–Crippen LogP) is 2.16. The number of hydrogen-bond acceptors (Lipinski definition) is 3. The van der Waals surface area contributed by atoms with E-state index in [1.807, 2.05) is 36.4 Å². The third-order valence-electron chi connectivity index (χ3n) is 3.36. The maximum Gasteiger partial charge on any atom is 0.227 e. The van der Waals surface area contributed by atoms with Crippen LogP contribution in [0.25, 0.3) is 11.0 Å². The molecule has 0 aliphatic rings. The minimum absolute atomic E-state index is 0.0571. The van der Waals surface area contributed by atoms with E-state index in [-0.39, 0.29) is 5.91 Å². The van der Waals surface area contributed by atoms with Gasteiger partial charge in [-0.15, -0.1) is 0 Å². The van der Waals surface area contributed by atoms with Gasteiger partial charge in [0.1, 0.15) is 5.82 Å². The lowest BCUT2D eigenvalue weighted by molar-refractivity contribution is -0.129. The van der Waals surface area contributed by atoms with E-state index in [2.05, 4.69) is 15.0 Å². The van der Waals surface area contributed by atoms with Gasteiger partial charge in [-0.1, -0.05) is 12.1 Å². The highest BCUT2D eigenvalue weighted by molar-refractivity contribution is 5.78. The molecule has 0 spiro atoms. The number of amides is 1. The summed E-state index contributed by atoms with van der Waals surface area (Å²) in [6.45, 7) is 0.471. The van der Waals surface area contributed by atoms with Crippen molar-refractivity contribution in [1.29, 1.82) is 0 Å². The third kappa shape index (κ3) is 3.08. The number of likely N-dealkylation sites (N-methyl/N-ethyl adjacent to an activating group) is 1. The van der Waals surface area contributed by atoms with Crippen LogP contribution >= 0.6 is 0 Å². The summed E-state index contributed by atoms with van der Waals surface area (Å²) in [6.07, 6.45) is 3.77. The number of benzene rings is 1. The summed E-state index contributed by atoms with van der Waals surface area (Å²) in [5, 5.41) is 0. The standard InChI is InChI=1S/C16H16N4O/c1-20(16(21)10-12-6-8-17-9-7-12)11-15-18-13-4-2-3-5-14(13)19-15/h2-9H,10-11H2,1H3,(H,18,19). The Kier molecular flexibility index (Phi) is 3.64. The molecule has 0 fully saturated rings. The Balaban J connectivity index is 1.67. The minimum Gasteiger partial charge on any atom is -0.340 e. The number of fused-ring (bicyclic) bond motifs is 1. The number of H-pyrrole nitrogens is 1. The molecule has 3 aromatic rings. The topological polar surface area (TPSA) is 61.9 Å². The molecule has 1 N–H and O–H groups in total. The van der Waals surface area contributed by atoms with Gasteiger partial charge >= 0.3 is 0 Å². The number of nitrogens with zero attached hydrogens (tertiary/aromatic N) is 3. The molecule has 0 saturated heterocycles. The van der Waals surface area contributed by atoms with Gasteiger partial charge in [0.05, 0.1) is 24.0 Å². The fourth-order valence-corrected chi connectivity index (χ4v) is 2.20. The zero-order chi connectivity index (χ0) is 14.7. The maximum absolute atomic E-state index is 12.2. The van der Waals surface area contributed by atoms with Crippen LogP contribution in [0, 0.1) is 0 Å². The van der Waals surface area contributed by atoms with Gasteiger partial charge in [0.2, 0.25) is 5.91 Å².